The van der Waals surface area contributed by atoms with Gasteiger partial charge in [-0.05, 0) is 25.7 Å². The minimum absolute atomic E-state index is 0.225. The van der Waals surface area contributed by atoms with E-state index in [1.807, 2.05) is 7.05 Å². The molecule has 0 radical (unpaired) electrons. The highest BCUT2D eigenvalue weighted by Gasteiger charge is 2.34. The van der Waals surface area contributed by atoms with Gasteiger partial charge in [0.05, 0.1) is 25.0 Å². The van der Waals surface area contributed by atoms with Crippen LogP contribution >= 0.6 is 0 Å². The van der Waals surface area contributed by atoms with Crippen molar-refractivity contribution in [3.8, 4) is 0 Å². The van der Waals surface area contributed by atoms with E-state index in [0.717, 1.165) is 70.3 Å². The molecule has 3 heterocycles. The predicted octanol–water partition coefficient (Wildman–Crippen LogP) is 0.279. The first-order valence-electron chi connectivity index (χ1n) is 9.08. The SMILES string of the molecule is CNc1nc(N2CC[C@@H](N3CCOCC3)[C@H](O)C2)nc2c1CCC2. The van der Waals surface area contributed by atoms with Gasteiger partial charge in [0.1, 0.15) is 5.82 Å². The Balaban J connectivity index is 1.49. The van der Waals surface area contributed by atoms with Gasteiger partial charge < -0.3 is 20.1 Å². The fraction of sp³-hybridized carbons (Fsp3) is 0.765. The molecular formula is C17H27N5O2. The third kappa shape index (κ3) is 2.96. The number of aliphatic hydroxyl groups excluding tert-OH is 1. The third-order valence-electron chi connectivity index (χ3n) is 5.50. The number of ether oxygens (including phenoxy) is 1. The monoisotopic (exact) mass is 333 g/mol. The van der Waals surface area contributed by atoms with Crippen molar-refractivity contribution in [3.63, 3.8) is 0 Å². The lowest BCUT2D eigenvalue weighted by Crippen LogP contribution is -2.57. The number of anilines is 2. The van der Waals surface area contributed by atoms with Crippen molar-refractivity contribution in [2.24, 2.45) is 0 Å². The summed E-state index contributed by atoms with van der Waals surface area (Å²) in [5, 5.41) is 13.9. The number of nitrogens with one attached hydrogen (secondary N) is 1. The van der Waals surface area contributed by atoms with Gasteiger partial charge in [0.25, 0.3) is 0 Å². The van der Waals surface area contributed by atoms with Crippen molar-refractivity contribution in [3.05, 3.63) is 11.3 Å². The molecule has 4 rings (SSSR count). The summed E-state index contributed by atoms with van der Waals surface area (Å²) in [4.78, 5) is 14.0. The highest BCUT2D eigenvalue weighted by atomic mass is 16.5. The van der Waals surface area contributed by atoms with Crippen LogP contribution in [0, 0.1) is 0 Å². The van der Waals surface area contributed by atoms with Gasteiger partial charge in [0.15, 0.2) is 0 Å². The van der Waals surface area contributed by atoms with Crippen molar-refractivity contribution in [2.75, 3.05) is 56.7 Å². The topological polar surface area (TPSA) is 73.8 Å². The van der Waals surface area contributed by atoms with Gasteiger partial charge in [-0.3, -0.25) is 4.90 Å². The third-order valence-corrected chi connectivity index (χ3v) is 5.50. The summed E-state index contributed by atoms with van der Waals surface area (Å²) < 4.78 is 5.42. The molecule has 0 spiro atoms. The van der Waals surface area contributed by atoms with Crippen LogP contribution < -0.4 is 10.2 Å². The van der Waals surface area contributed by atoms with E-state index in [0.29, 0.717) is 6.54 Å². The number of aliphatic hydroxyl groups is 1. The van der Waals surface area contributed by atoms with Crippen LogP contribution in [0.3, 0.4) is 0 Å². The van der Waals surface area contributed by atoms with Crippen LogP contribution in [0.25, 0.3) is 0 Å². The average molecular weight is 333 g/mol. The first-order chi connectivity index (χ1) is 11.8. The molecule has 1 aliphatic carbocycles. The molecule has 0 unspecified atom stereocenters. The van der Waals surface area contributed by atoms with Gasteiger partial charge in [-0.25, -0.2) is 4.98 Å². The van der Waals surface area contributed by atoms with E-state index in [2.05, 4.69) is 15.1 Å². The molecule has 24 heavy (non-hydrogen) atoms. The molecule has 7 nitrogen and oxygen atoms in total. The van der Waals surface area contributed by atoms with E-state index >= 15 is 0 Å². The number of fused-ring (bicyclic) bond motifs is 1. The standard InChI is InChI=1S/C17H27N5O2/c1-18-16-12-3-2-4-13(12)19-17(20-16)22-6-5-14(15(23)11-22)21-7-9-24-10-8-21/h14-15,23H,2-11H2,1H3,(H,18,19,20)/t14-,15-/m1/s1. The molecule has 0 saturated carbocycles. The number of piperidine rings is 1. The van der Waals surface area contributed by atoms with Crippen LogP contribution in [0.15, 0.2) is 0 Å². The van der Waals surface area contributed by atoms with Gasteiger partial charge in [-0.15, -0.1) is 0 Å². The van der Waals surface area contributed by atoms with Crippen molar-refractivity contribution in [1.29, 1.82) is 0 Å². The highest BCUT2D eigenvalue weighted by Crippen LogP contribution is 2.29. The predicted molar refractivity (Wildman–Crippen MR) is 92.6 cm³/mol. The fourth-order valence-corrected chi connectivity index (χ4v) is 4.20. The zero-order valence-electron chi connectivity index (χ0n) is 14.4. The summed E-state index contributed by atoms with van der Waals surface area (Å²) in [7, 11) is 1.92. The van der Waals surface area contributed by atoms with Crippen molar-refractivity contribution < 1.29 is 9.84 Å². The second-order valence-electron chi connectivity index (χ2n) is 6.92. The molecule has 2 N–H and O–H groups in total. The maximum Gasteiger partial charge on any atom is 0.227 e. The molecule has 0 amide bonds. The molecule has 7 heteroatoms. The first-order valence-corrected chi connectivity index (χ1v) is 9.08. The fourth-order valence-electron chi connectivity index (χ4n) is 4.20. The van der Waals surface area contributed by atoms with Crippen LogP contribution in [-0.4, -0.2) is 78.6 Å². The molecule has 132 valence electrons. The lowest BCUT2D eigenvalue weighted by atomic mass is 10.00. The number of nitrogens with zero attached hydrogens (tertiary/aromatic N) is 4. The first kappa shape index (κ1) is 16.1. The smallest absolute Gasteiger partial charge is 0.227 e. The molecule has 2 aliphatic heterocycles. The largest absolute Gasteiger partial charge is 0.390 e. The zero-order chi connectivity index (χ0) is 16.5. The lowest BCUT2D eigenvalue weighted by molar-refractivity contribution is -0.0275. The number of rotatable bonds is 3. The Morgan fingerprint density at radius 1 is 1.17 bits per heavy atom. The minimum Gasteiger partial charge on any atom is -0.390 e. The molecule has 1 aromatic heterocycles. The van der Waals surface area contributed by atoms with Crippen LogP contribution in [0.4, 0.5) is 11.8 Å². The molecule has 3 aliphatic rings. The number of aromatic nitrogens is 2. The molecule has 0 aromatic carbocycles. The van der Waals surface area contributed by atoms with E-state index in [9.17, 15) is 5.11 Å². The van der Waals surface area contributed by atoms with Crippen LogP contribution in [0.1, 0.15) is 24.1 Å². The Hall–Kier alpha value is -1.44. The lowest BCUT2D eigenvalue weighted by Gasteiger charge is -2.43. The van der Waals surface area contributed by atoms with Crippen molar-refractivity contribution in [1.82, 2.24) is 14.9 Å². The molecule has 1 aromatic rings. The van der Waals surface area contributed by atoms with Crippen molar-refractivity contribution >= 4 is 11.8 Å². The summed E-state index contributed by atoms with van der Waals surface area (Å²) in [5.41, 5.74) is 2.44. The summed E-state index contributed by atoms with van der Waals surface area (Å²) in [6.45, 7) is 4.87. The highest BCUT2D eigenvalue weighted by molar-refractivity contribution is 5.53. The average Bonchev–Trinajstić information content (AvgIpc) is 3.10. The maximum atomic E-state index is 10.7. The summed E-state index contributed by atoms with van der Waals surface area (Å²) in [6, 6.07) is 0.225. The normalized spacial score (nSPS) is 28.0. The van der Waals surface area contributed by atoms with E-state index < -0.39 is 0 Å². The zero-order valence-corrected chi connectivity index (χ0v) is 14.4. The van der Waals surface area contributed by atoms with E-state index in [1.54, 1.807) is 0 Å². The molecular weight excluding hydrogens is 306 g/mol. The van der Waals surface area contributed by atoms with Gasteiger partial charge in [-0.1, -0.05) is 0 Å². The number of morpholine rings is 1. The Bertz CT molecular complexity index is 591. The molecule has 2 atom stereocenters. The summed E-state index contributed by atoms with van der Waals surface area (Å²) in [6.07, 6.45) is 3.83. The van der Waals surface area contributed by atoms with Gasteiger partial charge in [0, 0.05) is 44.8 Å². The second-order valence-corrected chi connectivity index (χ2v) is 6.92. The van der Waals surface area contributed by atoms with E-state index in [-0.39, 0.29) is 12.1 Å². The van der Waals surface area contributed by atoms with Crippen molar-refractivity contribution in [2.45, 2.75) is 37.8 Å². The van der Waals surface area contributed by atoms with Crippen LogP contribution in [0.2, 0.25) is 0 Å². The second kappa shape index (κ2) is 6.82. The molecule has 2 fully saturated rings. The number of aryl methyl sites for hydroxylation is 1. The van der Waals surface area contributed by atoms with Gasteiger partial charge >= 0.3 is 0 Å². The quantitative estimate of drug-likeness (QED) is 0.823. The molecule has 2 saturated heterocycles. The van der Waals surface area contributed by atoms with Crippen LogP contribution in [0.5, 0.6) is 0 Å². The van der Waals surface area contributed by atoms with E-state index in [1.165, 1.54) is 11.3 Å². The number of hydrogen-bond donors (Lipinski definition) is 2. The Morgan fingerprint density at radius 2 is 2.00 bits per heavy atom. The van der Waals surface area contributed by atoms with E-state index in [4.69, 9.17) is 14.7 Å². The van der Waals surface area contributed by atoms with Gasteiger partial charge in [-0.2, -0.15) is 4.98 Å². The summed E-state index contributed by atoms with van der Waals surface area (Å²) in [5.74, 6) is 1.72. The Kier molecular flexibility index (Phi) is 4.56. The van der Waals surface area contributed by atoms with Gasteiger partial charge in [0.2, 0.25) is 5.95 Å². The molecule has 0 bridgehead atoms. The Labute approximate surface area is 143 Å². The van der Waals surface area contributed by atoms with Crippen LogP contribution in [-0.2, 0) is 17.6 Å². The maximum absolute atomic E-state index is 10.7. The Morgan fingerprint density at radius 3 is 2.75 bits per heavy atom. The summed E-state index contributed by atoms with van der Waals surface area (Å²) >= 11 is 0. The number of hydrogen-bond acceptors (Lipinski definition) is 7. The number of β-amino-alcohol motifs (C(OH)–C–C–N with tert-alkyl or cyclic N) is 1. The minimum atomic E-state index is -0.369.